The molecular formula is C24H23FN4OS. The monoisotopic (exact) mass is 434 g/mol. The first-order valence-corrected chi connectivity index (χ1v) is 11.0. The van der Waals surface area contributed by atoms with Crippen molar-refractivity contribution >= 4 is 33.3 Å². The second kappa shape index (κ2) is 9.66. The first kappa shape index (κ1) is 20.9. The smallest absolute Gasteiger partial charge is 0.220 e. The lowest BCUT2D eigenvalue weighted by Gasteiger charge is -2.09. The third-order valence-electron chi connectivity index (χ3n) is 5.00. The molecule has 2 aromatic carbocycles. The average molecular weight is 435 g/mol. The van der Waals surface area contributed by atoms with Crippen LogP contribution in [0.4, 0.5) is 10.2 Å². The van der Waals surface area contributed by atoms with Crippen LogP contribution in [0.15, 0.2) is 60.9 Å². The summed E-state index contributed by atoms with van der Waals surface area (Å²) >= 11 is 1.66. The summed E-state index contributed by atoms with van der Waals surface area (Å²) in [5, 5.41) is 7.27. The molecule has 1 amide bonds. The van der Waals surface area contributed by atoms with Crippen molar-refractivity contribution < 1.29 is 9.18 Å². The van der Waals surface area contributed by atoms with E-state index in [9.17, 15) is 9.18 Å². The lowest BCUT2D eigenvalue weighted by molar-refractivity contribution is -0.121. The molecule has 0 atom stereocenters. The van der Waals surface area contributed by atoms with Gasteiger partial charge >= 0.3 is 0 Å². The molecule has 4 rings (SSSR count). The molecule has 0 fully saturated rings. The largest absolute Gasteiger partial charge is 0.369 e. The molecule has 158 valence electrons. The SMILES string of the molecule is Cc1sc2ncnc(NCCCC(=O)NCc3ccc(F)cc3)c2c1-c1ccccc1. The number of aromatic nitrogens is 2. The van der Waals surface area contributed by atoms with Gasteiger partial charge < -0.3 is 10.6 Å². The molecule has 0 saturated heterocycles. The second-order valence-electron chi connectivity index (χ2n) is 7.24. The van der Waals surface area contributed by atoms with E-state index < -0.39 is 0 Å². The maximum absolute atomic E-state index is 12.9. The summed E-state index contributed by atoms with van der Waals surface area (Å²) in [4.78, 5) is 23.2. The number of nitrogens with one attached hydrogen (secondary N) is 2. The van der Waals surface area contributed by atoms with Gasteiger partial charge in [0.1, 0.15) is 22.8 Å². The van der Waals surface area contributed by atoms with Gasteiger partial charge in [0, 0.05) is 30.0 Å². The fourth-order valence-electron chi connectivity index (χ4n) is 3.48. The standard InChI is InChI=1S/C24H23FN4OS/c1-16-21(18-6-3-2-4-7-18)22-23(28-15-29-24(22)31-16)26-13-5-8-20(30)27-14-17-9-11-19(25)12-10-17/h2-4,6-7,9-12,15H,5,8,13-14H2,1H3,(H,27,30)(H,26,28,29). The number of nitrogens with zero attached hydrogens (tertiary/aromatic N) is 2. The third kappa shape index (κ3) is 5.06. The molecule has 0 spiro atoms. The topological polar surface area (TPSA) is 66.9 Å². The molecule has 4 aromatic rings. The van der Waals surface area contributed by atoms with Crippen molar-refractivity contribution in [3.05, 3.63) is 77.2 Å². The van der Waals surface area contributed by atoms with Crippen LogP contribution in [0.1, 0.15) is 23.3 Å². The van der Waals surface area contributed by atoms with Gasteiger partial charge in [0.15, 0.2) is 0 Å². The van der Waals surface area contributed by atoms with E-state index in [1.807, 2.05) is 18.2 Å². The lowest BCUT2D eigenvalue weighted by Crippen LogP contribution is -2.23. The Kier molecular flexibility index (Phi) is 6.52. The maximum atomic E-state index is 12.9. The number of halogens is 1. The normalized spacial score (nSPS) is 10.9. The van der Waals surface area contributed by atoms with Crippen molar-refractivity contribution in [3.8, 4) is 11.1 Å². The maximum Gasteiger partial charge on any atom is 0.220 e. The summed E-state index contributed by atoms with van der Waals surface area (Å²) in [5.41, 5.74) is 3.17. The average Bonchev–Trinajstić information content (AvgIpc) is 3.13. The first-order chi connectivity index (χ1) is 15.1. The number of benzene rings is 2. The van der Waals surface area contributed by atoms with Crippen LogP contribution < -0.4 is 10.6 Å². The second-order valence-corrected chi connectivity index (χ2v) is 8.44. The summed E-state index contributed by atoms with van der Waals surface area (Å²) in [6.07, 6.45) is 2.64. The van der Waals surface area contributed by atoms with Crippen LogP contribution in [0.5, 0.6) is 0 Å². The highest BCUT2D eigenvalue weighted by Crippen LogP contribution is 2.40. The molecule has 5 nitrogen and oxygen atoms in total. The fourth-order valence-corrected chi connectivity index (χ4v) is 4.49. The van der Waals surface area contributed by atoms with Crippen molar-refractivity contribution in [3.63, 3.8) is 0 Å². The Balaban J connectivity index is 1.36. The summed E-state index contributed by atoms with van der Waals surface area (Å²) in [5.74, 6) is 0.478. The van der Waals surface area contributed by atoms with Crippen molar-refractivity contribution in [1.29, 1.82) is 0 Å². The first-order valence-electron chi connectivity index (χ1n) is 10.2. The summed E-state index contributed by atoms with van der Waals surface area (Å²) in [6.45, 7) is 3.12. The molecule has 0 aliphatic rings. The Morgan fingerprint density at radius 1 is 1.06 bits per heavy atom. The van der Waals surface area contributed by atoms with Gasteiger partial charge in [-0.2, -0.15) is 0 Å². The van der Waals surface area contributed by atoms with Crippen molar-refractivity contribution in [2.75, 3.05) is 11.9 Å². The Bertz CT molecular complexity index is 1180. The number of hydrogen-bond donors (Lipinski definition) is 2. The summed E-state index contributed by atoms with van der Waals surface area (Å²) in [7, 11) is 0. The molecule has 0 radical (unpaired) electrons. The zero-order valence-electron chi connectivity index (χ0n) is 17.2. The Hall–Kier alpha value is -3.32. The number of carbonyl (C=O) groups excluding carboxylic acids is 1. The van der Waals surface area contributed by atoms with E-state index in [0.717, 1.165) is 32.7 Å². The van der Waals surface area contributed by atoms with Gasteiger partial charge in [-0.05, 0) is 36.6 Å². The van der Waals surface area contributed by atoms with E-state index in [4.69, 9.17) is 0 Å². The van der Waals surface area contributed by atoms with Crippen molar-refractivity contribution in [2.24, 2.45) is 0 Å². The highest BCUT2D eigenvalue weighted by Gasteiger charge is 2.16. The number of rotatable bonds is 8. The molecule has 0 aliphatic carbocycles. The molecular weight excluding hydrogens is 411 g/mol. The van der Waals surface area contributed by atoms with Gasteiger partial charge in [0.25, 0.3) is 0 Å². The van der Waals surface area contributed by atoms with Gasteiger partial charge in [0.2, 0.25) is 5.91 Å². The predicted octanol–water partition coefficient (Wildman–Crippen LogP) is 5.31. The van der Waals surface area contributed by atoms with Crippen LogP contribution in [0, 0.1) is 12.7 Å². The Morgan fingerprint density at radius 2 is 1.84 bits per heavy atom. The van der Waals surface area contributed by atoms with Gasteiger partial charge in [-0.3, -0.25) is 4.79 Å². The van der Waals surface area contributed by atoms with Gasteiger partial charge in [-0.25, -0.2) is 14.4 Å². The number of fused-ring (bicyclic) bond motifs is 1. The lowest BCUT2D eigenvalue weighted by atomic mass is 10.0. The van der Waals surface area contributed by atoms with E-state index in [0.29, 0.717) is 25.9 Å². The number of aryl methyl sites for hydroxylation is 1. The Morgan fingerprint density at radius 3 is 2.61 bits per heavy atom. The number of carbonyl (C=O) groups is 1. The van der Waals surface area contributed by atoms with Crippen LogP contribution in [0.25, 0.3) is 21.3 Å². The number of anilines is 1. The quantitative estimate of drug-likeness (QED) is 0.369. The molecule has 0 saturated carbocycles. The van der Waals surface area contributed by atoms with Gasteiger partial charge in [-0.15, -0.1) is 11.3 Å². The number of amides is 1. The zero-order chi connectivity index (χ0) is 21.6. The van der Waals surface area contributed by atoms with E-state index in [1.54, 1.807) is 29.8 Å². The predicted molar refractivity (Wildman–Crippen MR) is 124 cm³/mol. The van der Waals surface area contributed by atoms with Crippen LogP contribution >= 0.6 is 11.3 Å². The number of thiophene rings is 1. The van der Waals surface area contributed by atoms with Crippen molar-refractivity contribution in [1.82, 2.24) is 15.3 Å². The minimum absolute atomic E-state index is 0.0321. The van der Waals surface area contributed by atoms with Gasteiger partial charge in [0.05, 0.1) is 5.39 Å². The third-order valence-corrected chi connectivity index (χ3v) is 6.02. The Labute approximate surface area is 184 Å². The minimum atomic E-state index is -0.281. The molecule has 31 heavy (non-hydrogen) atoms. The summed E-state index contributed by atoms with van der Waals surface area (Å²) in [6, 6.07) is 16.4. The van der Waals surface area contributed by atoms with E-state index in [2.05, 4.69) is 39.7 Å². The highest BCUT2D eigenvalue weighted by molar-refractivity contribution is 7.19. The molecule has 2 heterocycles. The molecule has 7 heteroatoms. The van der Waals surface area contributed by atoms with Crippen molar-refractivity contribution in [2.45, 2.75) is 26.3 Å². The van der Waals surface area contributed by atoms with Crippen LogP contribution in [0.3, 0.4) is 0 Å². The minimum Gasteiger partial charge on any atom is -0.369 e. The highest BCUT2D eigenvalue weighted by atomic mass is 32.1. The van der Waals surface area contributed by atoms with E-state index >= 15 is 0 Å². The van der Waals surface area contributed by atoms with Crippen LogP contribution in [0.2, 0.25) is 0 Å². The molecule has 0 bridgehead atoms. The molecule has 0 aliphatic heterocycles. The summed E-state index contributed by atoms with van der Waals surface area (Å²) < 4.78 is 12.9. The van der Waals surface area contributed by atoms with E-state index in [1.165, 1.54) is 17.0 Å². The van der Waals surface area contributed by atoms with Gasteiger partial charge in [-0.1, -0.05) is 42.5 Å². The van der Waals surface area contributed by atoms with Crippen LogP contribution in [-0.4, -0.2) is 22.4 Å². The van der Waals surface area contributed by atoms with Crippen LogP contribution in [-0.2, 0) is 11.3 Å². The fraction of sp³-hybridized carbons (Fsp3) is 0.208. The van der Waals surface area contributed by atoms with E-state index in [-0.39, 0.29) is 11.7 Å². The molecule has 2 aromatic heterocycles. The molecule has 0 unspecified atom stereocenters. The zero-order valence-corrected chi connectivity index (χ0v) is 18.0. The molecule has 2 N–H and O–H groups in total. The number of hydrogen-bond acceptors (Lipinski definition) is 5.